The van der Waals surface area contributed by atoms with Crippen LogP contribution in [-0.4, -0.2) is 12.9 Å². The normalized spacial score (nSPS) is 12.8. The van der Waals surface area contributed by atoms with Crippen LogP contribution in [0.1, 0.15) is 38.8 Å². The van der Waals surface area contributed by atoms with Gasteiger partial charge >= 0.3 is 0 Å². The van der Waals surface area contributed by atoms with E-state index >= 15 is 0 Å². The third-order valence-electron chi connectivity index (χ3n) is 2.65. The van der Waals surface area contributed by atoms with Gasteiger partial charge in [0.05, 0.1) is 7.11 Å². The van der Waals surface area contributed by atoms with Crippen LogP contribution in [0, 0.1) is 5.92 Å². The fraction of sp³-hybridized carbons (Fsp3) is 0.571. The van der Waals surface area contributed by atoms with Gasteiger partial charge in [-0.3, -0.25) is 0 Å². The number of hydrogen-bond acceptors (Lipinski definition) is 3. The highest BCUT2D eigenvalue weighted by molar-refractivity contribution is 7.99. The van der Waals surface area contributed by atoms with Crippen LogP contribution in [-0.2, 0) is 0 Å². The molecule has 0 heterocycles. The molecule has 0 unspecified atom stereocenters. The Balaban J connectivity index is 2.83. The highest BCUT2D eigenvalue weighted by atomic mass is 32.2. The Morgan fingerprint density at radius 2 is 2.00 bits per heavy atom. The molecule has 2 nitrogen and oxygen atoms in total. The molecule has 0 bridgehead atoms. The third-order valence-corrected chi connectivity index (χ3v) is 3.76. The molecule has 0 aromatic heterocycles. The Hall–Kier alpha value is -0.670. The first-order chi connectivity index (χ1) is 8.06. The maximum atomic E-state index is 6.03. The molecule has 0 aliphatic carbocycles. The molecular formula is C14H23NOS. The summed E-state index contributed by atoms with van der Waals surface area (Å²) in [5.41, 5.74) is 7.16. The van der Waals surface area contributed by atoms with E-state index < -0.39 is 0 Å². The molecule has 1 rings (SSSR count). The van der Waals surface area contributed by atoms with Crippen molar-refractivity contribution in [1.82, 2.24) is 0 Å². The number of thioether (sulfide) groups is 1. The summed E-state index contributed by atoms with van der Waals surface area (Å²) in [4.78, 5) is 1.25. The van der Waals surface area contributed by atoms with E-state index in [4.69, 9.17) is 10.5 Å². The lowest BCUT2D eigenvalue weighted by atomic mass is 10.1. The molecule has 96 valence electrons. The maximum absolute atomic E-state index is 6.03. The van der Waals surface area contributed by atoms with Crippen molar-refractivity contribution in [3.63, 3.8) is 0 Å². The van der Waals surface area contributed by atoms with Crippen LogP contribution in [0.2, 0.25) is 0 Å². The first-order valence-corrected chi connectivity index (χ1v) is 7.10. The average Bonchev–Trinajstić information content (AvgIpc) is 2.27. The number of hydrogen-bond donors (Lipinski definition) is 1. The number of rotatable bonds is 6. The second-order valence-corrected chi connectivity index (χ2v) is 5.83. The second-order valence-electron chi connectivity index (χ2n) is 4.69. The Kier molecular flexibility index (Phi) is 5.86. The van der Waals surface area contributed by atoms with Crippen molar-refractivity contribution in [2.45, 2.75) is 38.1 Å². The van der Waals surface area contributed by atoms with Gasteiger partial charge in [0.2, 0.25) is 0 Å². The molecule has 0 aliphatic heterocycles. The van der Waals surface area contributed by atoms with E-state index in [2.05, 4.69) is 19.9 Å². The summed E-state index contributed by atoms with van der Waals surface area (Å²) in [5, 5.41) is 0. The van der Waals surface area contributed by atoms with E-state index in [0.29, 0.717) is 0 Å². The Labute approximate surface area is 109 Å². The predicted molar refractivity (Wildman–Crippen MR) is 75.8 cm³/mol. The molecule has 0 spiro atoms. The molecule has 17 heavy (non-hydrogen) atoms. The Bertz CT molecular complexity index is 350. The van der Waals surface area contributed by atoms with Gasteiger partial charge in [-0.15, -0.1) is 11.8 Å². The van der Waals surface area contributed by atoms with Crippen molar-refractivity contribution < 1.29 is 4.74 Å². The average molecular weight is 253 g/mol. The minimum Gasteiger partial charge on any atom is -0.496 e. The van der Waals surface area contributed by atoms with Crippen molar-refractivity contribution in [2.24, 2.45) is 11.7 Å². The zero-order chi connectivity index (χ0) is 12.8. The van der Waals surface area contributed by atoms with Crippen LogP contribution in [0.4, 0.5) is 0 Å². The number of methoxy groups -OCH3 is 1. The summed E-state index contributed by atoms with van der Waals surface area (Å²) in [6, 6.07) is 6.15. The van der Waals surface area contributed by atoms with Crippen molar-refractivity contribution in [3.8, 4) is 5.75 Å². The highest BCUT2D eigenvalue weighted by Gasteiger charge is 2.13. The van der Waals surface area contributed by atoms with Crippen molar-refractivity contribution >= 4 is 11.8 Å². The Morgan fingerprint density at radius 1 is 1.29 bits per heavy atom. The van der Waals surface area contributed by atoms with E-state index in [1.54, 1.807) is 7.11 Å². The summed E-state index contributed by atoms with van der Waals surface area (Å²) < 4.78 is 5.38. The third kappa shape index (κ3) is 4.25. The molecule has 1 atom stereocenters. The monoisotopic (exact) mass is 253 g/mol. The van der Waals surface area contributed by atoms with Gasteiger partial charge < -0.3 is 10.5 Å². The molecule has 0 amide bonds. The van der Waals surface area contributed by atoms with Crippen LogP contribution in [0.5, 0.6) is 5.75 Å². The predicted octanol–water partition coefficient (Wildman–Crippen LogP) is 3.85. The summed E-state index contributed by atoms with van der Waals surface area (Å²) in [7, 11) is 1.70. The molecule has 0 fully saturated rings. The molecule has 1 aromatic rings. The number of ether oxygens (including phenoxy) is 1. The standard InChI is InChI=1S/C14H23NOS/c1-10(2)8-9-17-13-7-5-6-12(16-4)14(13)11(3)15/h5-7,10-11H,8-9,15H2,1-4H3/t11-/m0/s1. The smallest absolute Gasteiger partial charge is 0.124 e. The molecule has 1 aromatic carbocycles. The van der Waals surface area contributed by atoms with Crippen LogP contribution in [0.25, 0.3) is 0 Å². The molecule has 3 heteroatoms. The van der Waals surface area contributed by atoms with Crippen molar-refractivity contribution in [1.29, 1.82) is 0 Å². The second kappa shape index (κ2) is 6.92. The van der Waals surface area contributed by atoms with Gasteiger partial charge in [-0.2, -0.15) is 0 Å². The van der Waals surface area contributed by atoms with E-state index in [1.807, 2.05) is 30.8 Å². The van der Waals surface area contributed by atoms with Gasteiger partial charge in [0, 0.05) is 16.5 Å². The van der Waals surface area contributed by atoms with Gasteiger partial charge in [-0.1, -0.05) is 19.9 Å². The summed E-state index contributed by atoms with van der Waals surface area (Å²) in [6.07, 6.45) is 1.22. The maximum Gasteiger partial charge on any atom is 0.124 e. The SMILES string of the molecule is COc1cccc(SCCC(C)C)c1[C@H](C)N. The topological polar surface area (TPSA) is 35.2 Å². The van der Waals surface area contributed by atoms with Gasteiger partial charge in [0.25, 0.3) is 0 Å². The van der Waals surface area contributed by atoms with Crippen LogP contribution in [0.15, 0.2) is 23.1 Å². The van der Waals surface area contributed by atoms with Crippen molar-refractivity contribution in [3.05, 3.63) is 23.8 Å². The number of benzene rings is 1. The fourth-order valence-corrected chi connectivity index (χ4v) is 3.11. The highest BCUT2D eigenvalue weighted by Crippen LogP contribution is 2.34. The minimum atomic E-state index is 0.00713. The van der Waals surface area contributed by atoms with Crippen LogP contribution >= 0.6 is 11.8 Å². The van der Waals surface area contributed by atoms with Crippen LogP contribution in [0.3, 0.4) is 0 Å². The van der Waals surface area contributed by atoms with Crippen LogP contribution < -0.4 is 10.5 Å². The molecular weight excluding hydrogens is 230 g/mol. The molecule has 0 saturated heterocycles. The van der Waals surface area contributed by atoms with Gasteiger partial charge in [-0.05, 0) is 37.1 Å². The van der Waals surface area contributed by atoms with Gasteiger partial charge in [0.15, 0.2) is 0 Å². The lowest BCUT2D eigenvalue weighted by Gasteiger charge is -2.16. The van der Waals surface area contributed by atoms with E-state index in [1.165, 1.54) is 11.3 Å². The van der Waals surface area contributed by atoms with E-state index in [9.17, 15) is 0 Å². The first kappa shape index (κ1) is 14.4. The number of nitrogens with two attached hydrogens (primary N) is 1. The van der Waals surface area contributed by atoms with E-state index in [-0.39, 0.29) is 6.04 Å². The van der Waals surface area contributed by atoms with Gasteiger partial charge in [-0.25, -0.2) is 0 Å². The molecule has 0 radical (unpaired) electrons. The molecule has 2 N–H and O–H groups in total. The fourth-order valence-electron chi connectivity index (χ4n) is 1.68. The molecule has 0 saturated carbocycles. The Morgan fingerprint density at radius 3 is 2.53 bits per heavy atom. The lowest BCUT2D eigenvalue weighted by Crippen LogP contribution is -2.08. The first-order valence-electron chi connectivity index (χ1n) is 6.11. The zero-order valence-corrected chi connectivity index (χ0v) is 12.0. The molecule has 0 aliphatic rings. The lowest BCUT2D eigenvalue weighted by molar-refractivity contribution is 0.405. The summed E-state index contributed by atoms with van der Waals surface area (Å²) >= 11 is 1.87. The largest absolute Gasteiger partial charge is 0.496 e. The zero-order valence-electron chi connectivity index (χ0n) is 11.2. The van der Waals surface area contributed by atoms with Crippen molar-refractivity contribution in [2.75, 3.05) is 12.9 Å². The minimum absolute atomic E-state index is 0.00713. The summed E-state index contributed by atoms with van der Waals surface area (Å²) in [5.74, 6) is 2.77. The quantitative estimate of drug-likeness (QED) is 0.782. The summed E-state index contributed by atoms with van der Waals surface area (Å²) in [6.45, 7) is 6.50. The van der Waals surface area contributed by atoms with E-state index in [0.717, 1.165) is 23.0 Å². The van der Waals surface area contributed by atoms with Gasteiger partial charge in [0.1, 0.15) is 5.75 Å².